The number of aliphatic carboxylic acids is 4. The van der Waals surface area contributed by atoms with Crippen molar-refractivity contribution in [1.29, 1.82) is 0 Å². The van der Waals surface area contributed by atoms with Crippen LogP contribution in [-0.4, -0.2) is 50.3 Å². The fourth-order valence-electron chi connectivity index (χ4n) is 0.275. The number of carboxylic acid groups (broad SMARTS) is 4. The van der Waals surface area contributed by atoms with E-state index in [0.29, 0.717) is 0 Å². The molecule has 18 heavy (non-hydrogen) atoms. The second kappa shape index (κ2) is 12.9. The van der Waals surface area contributed by atoms with Gasteiger partial charge >= 0.3 is 17.9 Å². The Morgan fingerprint density at radius 2 is 1.28 bits per heavy atom. The van der Waals surface area contributed by atoms with E-state index in [2.05, 4.69) is 0 Å². The van der Waals surface area contributed by atoms with Gasteiger partial charge in [-0.2, -0.15) is 0 Å². The molecule has 1 atom stereocenters. The summed E-state index contributed by atoms with van der Waals surface area (Å²) in [6, 6.07) is -1.29. The molecule has 106 valence electrons. The molecular weight excluding hydrogens is 250 g/mol. The summed E-state index contributed by atoms with van der Waals surface area (Å²) < 4.78 is 0. The molecule has 0 bridgehead atoms. The van der Waals surface area contributed by atoms with Crippen LogP contribution in [0.2, 0.25) is 0 Å². The first-order valence-electron chi connectivity index (χ1n) is 4.66. The molecule has 6 N–H and O–H groups in total. The molecule has 0 aromatic rings. The number of rotatable bonds is 4. The van der Waals surface area contributed by atoms with Gasteiger partial charge in [-0.05, 0) is 0 Å². The second-order valence-electron chi connectivity index (χ2n) is 2.81. The maximum absolute atomic E-state index is 9.85. The molecule has 0 rings (SSSR count). The minimum Gasteiger partial charge on any atom is -0.481 e. The van der Waals surface area contributed by atoms with E-state index in [9.17, 15) is 14.4 Å². The Morgan fingerprint density at radius 3 is 1.33 bits per heavy atom. The number of hydrogen-bond acceptors (Lipinski definition) is 5. The fourth-order valence-corrected chi connectivity index (χ4v) is 0.275. The molecule has 0 heterocycles. The van der Waals surface area contributed by atoms with Crippen molar-refractivity contribution in [2.75, 3.05) is 0 Å². The van der Waals surface area contributed by atoms with Gasteiger partial charge in [0, 0.05) is 13.3 Å². The van der Waals surface area contributed by atoms with E-state index in [1.807, 2.05) is 0 Å². The lowest BCUT2D eigenvalue weighted by Gasteiger charge is -1.99. The number of nitrogens with two attached hydrogens (primary N) is 1. The van der Waals surface area contributed by atoms with E-state index in [1.54, 1.807) is 6.92 Å². The van der Waals surface area contributed by atoms with Crippen LogP contribution in [0.1, 0.15) is 26.7 Å². The van der Waals surface area contributed by atoms with Crippen LogP contribution in [0.4, 0.5) is 0 Å². The van der Waals surface area contributed by atoms with Crippen molar-refractivity contribution in [3.63, 3.8) is 0 Å². The van der Waals surface area contributed by atoms with Crippen molar-refractivity contribution in [2.45, 2.75) is 32.7 Å². The molecule has 9 nitrogen and oxygen atoms in total. The molecule has 9 heteroatoms. The third-order valence-corrected chi connectivity index (χ3v) is 1.01. The van der Waals surface area contributed by atoms with Crippen LogP contribution in [0.5, 0.6) is 0 Å². The lowest BCUT2D eigenvalue weighted by molar-refractivity contribution is -0.144. The minimum atomic E-state index is -1.29. The summed E-state index contributed by atoms with van der Waals surface area (Å²) in [6.45, 7) is 2.68. The Balaban J connectivity index is -0.000000212. The molecule has 0 saturated heterocycles. The first-order chi connectivity index (χ1) is 8.04. The van der Waals surface area contributed by atoms with Crippen molar-refractivity contribution < 1.29 is 39.6 Å². The molecule has 0 aliphatic rings. The van der Waals surface area contributed by atoms with Gasteiger partial charge < -0.3 is 26.2 Å². The average Bonchev–Trinajstić information content (AvgIpc) is 2.16. The van der Waals surface area contributed by atoms with Gasteiger partial charge in [-0.1, -0.05) is 6.92 Å². The van der Waals surface area contributed by atoms with Crippen LogP contribution in [0, 0.1) is 0 Å². The molecule has 0 spiro atoms. The largest absolute Gasteiger partial charge is 0.481 e. The second-order valence-corrected chi connectivity index (χ2v) is 2.81. The summed E-state index contributed by atoms with van der Waals surface area (Å²) in [7, 11) is 0. The molecule has 0 aromatic carbocycles. The molecule has 0 unspecified atom stereocenters. The van der Waals surface area contributed by atoms with Crippen molar-refractivity contribution in [1.82, 2.24) is 0 Å². The van der Waals surface area contributed by atoms with Crippen LogP contribution in [0.3, 0.4) is 0 Å². The minimum absolute atomic E-state index is 0.222. The molecule has 0 aromatic heterocycles. The van der Waals surface area contributed by atoms with Crippen LogP contribution in [0.15, 0.2) is 0 Å². The van der Waals surface area contributed by atoms with E-state index in [1.165, 1.54) is 0 Å². The van der Waals surface area contributed by atoms with Gasteiger partial charge in [-0.15, -0.1) is 0 Å². The van der Waals surface area contributed by atoms with Crippen molar-refractivity contribution >= 4 is 23.9 Å². The number of hydrogen-bond donors (Lipinski definition) is 5. The molecule has 0 amide bonds. The van der Waals surface area contributed by atoms with Crippen LogP contribution < -0.4 is 5.73 Å². The monoisotopic (exact) mass is 267 g/mol. The molecule has 0 aliphatic carbocycles. The zero-order valence-corrected chi connectivity index (χ0v) is 9.99. The maximum Gasteiger partial charge on any atom is 0.321 e. The van der Waals surface area contributed by atoms with Gasteiger partial charge in [0.1, 0.15) is 6.04 Å². The summed E-state index contributed by atoms with van der Waals surface area (Å²) in [5, 5.41) is 31.2. The summed E-state index contributed by atoms with van der Waals surface area (Å²) in [6.07, 6.45) is -0.310. The zero-order chi connectivity index (χ0) is 15.3. The van der Waals surface area contributed by atoms with Gasteiger partial charge in [0.15, 0.2) is 0 Å². The molecule has 0 saturated carbocycles. The lowest BCUT2D eigenvalue weighted by atomic mass is 10.2. The molecule has 0 fully saturated rings. The Labute approximate surface area is 103 Å². The number of carbonyl (C=O) groups is 4. The highest BCUT2D eigenvalue weighted by Crippen LogP contribution is 1.86. The lowest BCUT2D eigenvalue weighted by Crippen LogP contribution is -2.32. The van der Waals surface area contributed by atoms with Crippen molar-refractivity contribution in [3.8, 4) is 0 Å². The first-order valence-corrected chi connectivity index (χ1v) is 4.66. The highest BCUT2D eigenvalue weighted by atomic mass is 16.4. The van der Waals surface area contributed by atoms with Gasteiger partial charge in [0.25, 0.3) is 5.97 Å². The Hall–Kier alpha value is -2.16. The van der Waals surface area contributed by atoms with Crippen molar-refractivity contribution in [3.05, 3.63) is 0 Å². The fraction of sp³-hybridized carbons (Fsp3) is 0.556. The van der Waals surface area contributed by atoms with E-state index < -0.39 is 36.3 Å². The zero-order valence-electron chi connectivity index (χ0n) is 9.99. The smallest absolute Gasteiger partial charge is 0.321 e. The van der Waals surface area contributed by atoms with Crippen LogP contribution >= 0.6 is 0 Å². The van der Waals surface area contributed by atoms with Gasteiger partial charge in [-0.3, -0.25) is 19.2 Å². The third-order valence-electron chi connectivity index (χ3n) is 1.01. The van der Waals surface area contributed by atoms with Crippen molar-refractivity contribution in [2.24, 2.45) is 5.73 Å². The topological polar surface area (TPSA) is 175 Å². The normalized spacial score (nSPS) is 9.72. The van der Waals surface area contributed by atoms with Crippen LogP contribution in [-0.2, 0) is 19.2 Å². The predicted octanol–water partition coefficient (Wildman–Crippen LogP) is -0.555. The SMILES string of the molecule is CC(=O)O.CCC(=O)O.N[C@@H](CC(=O)O)C(=O)O. The molecule has 0 radical (unpaired) electrons. The van der Waals surface area contributed by atoms with E-state index in [0.717, 1.165) is 6.92 Å². The van der Waals surface area contributed by atoms with Crippen LogP contribution in [0.25, 0.3) is 0 Å². The molecular formula is C9H17NO8. The summed E-state index contributed by atoms with van der Waals surface area (Å²) in [5.41, 5.74) is 4.84. The quantitative estimate of drug-likeness (QED) is 0.447. The average molecular weight is 267 g/mol. The highest BCUT2D eigenvalue weighted by Gasteiger charge is 2.14. The van der Waals surface area contributed by atoms with Gasteiger partial charge in [0.05, 0.1) is 6.42 Å². The predicted molar refractivity (Wildman–Crippen MR) is 59.1 cm³/mol. The Bertz CT molecular complexity index is 284. The maximum atomic E-state index is 9.85. The van der Waals surface area contributed by atoms with Gasteiger partial charge in [-0.25, -0.2) is 0 Å². The number of carboxylic acids is 4. The third kappa shape index (κ3) is 37.1. The molecule has 0 aliphatic heterocycles. The Kier molecular flexibility index (Phi) is 15.2. The summed E-state index contributed by atoms with van der Waals surface area (Å²) in [5.74, 6) is -4.08. The van der Waals surface area contributed by atoms with Gasteiger partial charge in [0.2, 0.25) is 0 Å². The standard InChI is InChI=1S/C4H7NO4.C3H6O2.C2H4O2/c5-2(4(8)9)1-3(6)7;1-2-3(4)5;1-2(3)4/h2H,1,5H2,(H,6,7)(H,8,9);2H2,1H3,(H,4,5);1H3,(H,3,4)/t2-;;/m0../s1. The summed E-state index contributed by atoms with van der Waals surface area (Å²) >= 11 is 0. The Morgan fingerprint density at radius 1 is 1.00 bits per heavy atom. The summed E-state index contributed by atoms with van der Waals surface area (Å²) in [4.78, 5) is 38.0. The van der Waals surface area contributed by atoms with E-state index in [-0.39, 0.29) is 6.42 Å². The van der Waals surface area contributed by atoms with E-state index in [4.69, 9.17) is 31.0 Å². The van der Waals surface area contributed by atoms with E-state index >= 15 is 0 Å². The highest BCUT2D eigenvalue weighted by molar-refractivity contribution is 5.80. The first kappa shape index (κ1) is 21.2.